The van der Waals surface area contributed by atoms with Crippen LogP contribution in [-0.2, 0) is 11.2 Å². The Morgan fingerprint density at radius 3 is 2.34 bits per heavy atom. The minimum absolute atomic E-state index is 0.103. The summed E-state index contributed by atoms with van der Waals surface area (Å²) in [5, 5.41) is 0. The summed E-state index contributed by atoms with van der Waals surface area (Å²) in [6.07, 6.45) is 10.6. The number of aryl methyl sites for hydroxylation is 1. The average molecular weight is 431 g/mol. The lowest BCUT2D eigenvalue weighted by molar-refractivity contribution is 0.0318. The zero-order valence-electron chi connectivity index (χ0n) is 19.5. The van der Waals surface area contributed by atoms with Gasteiger partial charge in [0.2, 0.25) is 0 Å². The Morgan fingerprint density at radius 1 is 0.906 bits per heavy atom. The highest BCUT2D eigenvalue weighted by Crippen LogP contribution is 2.33. The molecule has 0 aliphatic rings. The number of hydrogen-bond donors (Lipinski definition) is 0. The van der Waals surface area contributed by atoms with Gasteiger partial charge in [-0.3, -0.25) is 0 Å². The van der Waals surface area contributed by atoms with E-state index in [1.165, 1.54) is 24.8 Å². The average Bonchev–Trinajstić information content (AvgIpc) is 2.82. The molecular weight excluding hydrogens is 396 g/mol. The van der Waals surface area contributed by atoms with Crippen molar-refractivity contribution in [1.82, 2.24) is 9.97 Å². The Bertz CT molecular complexity index is 984. The number of carbonyl (C=O) groups excluding carboxylic acids is 1. The lowest BCUT2D eigenvalue weighted by atomic mass is 9.93. The van der Waals surface area contributed by atoms with Gasteiger partial charge in [0.15, 0.2) is 5.82 Å². The maximum absolute atomic E-state index is 12.5. The van der Waals surface area contributed by atoms with Crippen molar-refractivity contribution in [3.05, 3.63) is 72.1 Å². The fourth-order valence-corrected chi connectivity index (χ4v) is 3.93. The summed E-state index contributed by atoms with van der Waals surface area (Å²) in [6, 6.07) is 16.6. The van der Waals surface area contributed by atoms with Gasteiger partial charge in [0.05, 0.1) is 11.7 Å². The standard InChI is InChI=1S/C28H34N2O2/c1-4-6-7-9-14-21(3)32-28(31)24-19-29-27(30-20-24)26-23(13-5-2)17-12-18-25(26)22-15-10-8-11-16-22/h8,10-12,15-21H,4-7,9,13-14H2,1-3H3/t21-/m1/s1. The maximum Gasteiger partial charge on any atom is 0.341 e. The third kappa shape index (κ3) is 6.25. The predicted octanol–water partition coefficient (Wildman–Crippen LogP) is 7.28. The monoisotopic (exact) mass is 430 g/mol. The van der Waals surface area contributed by atoms with Crippen LogP contribution in [-0.4, -0.2) is 22.0 Å². The van der Waals surface area contributed by atoms with Gasteiger partial charge in [-0.15, -0.1) is 0 Å². The molecule has 1 aromatic heterocycles. The van der Waals surface area contributed by atoms with Crippen LogP contribution < -0.4 is 0 Å². The first-order chi connectivity index (χ1) is 15.6. The zero-order chi connectivity index (χ0) is 22.8. The number of hydrogen-bond acceptors (Lipinski definition) is 4. The molecule has 1 atom stereocenters. The first-order valence-electron chi connectivity index (χ1n) is 11.8. The summed E-state index contributed by atoms with van der Waals surface area (Å²) in [5.41, 5.74) is 4.87. The molecule has 0 amide bonds. The Balaban J connectivity index is 1.80. The number of ether oxygens (including phenoxy) is 1. The smallest absolute Gasteiger partial charge is 0.341 e. The molecule has 0 aliphatic heterocycles. The third-order valence-electron chi connectivity index (χ3n) is 5.64. The molecule has 3 rings (SSSR count). The van der Waals surface area contributed by atoms with Gasteiger partial charge in [-0.25, -0.2) is 14.8 Å². The van der Waals surface area contributed by atoms with Crippen molar-refractivity contribution >= 4 is 5.97 Å². The second-order valence-corrected chi connectivity index (χ2v) is 8.32. The van der Waals surface area contributed by atoms with Crippen molar-refractivity contribution in [2.24, 2.45) is 0 Å². The van der Waals surface area contributed by atoms with Gasteiger partial charge in [0.25, 0.3) is 0 Å². The molecule has 0 saturated heterocycles. The molecule has 2 aromatic carbocycles. The number of aromatic nitrogens is 2. The molecule has 0 unspecified atom stereocenters. The topological polar surface area (TPSA) is 52.1 Å². The van der Waals surface area contributed by atoms with Gasteiger partial charge < -0.3 is 4.74 Å². The van der Waals surface area contributed by atoms with E-state index >= 15 is 0 Å². The Labute approximate surface area is 192 Å². The number of esters is 1. The van der Waals surface area contributed by atoms with Crippen molar-refractivity contribution < 1.29 is 9.53 Å². The minimum Gasteiger partial charge on any atom is -0.459 e. The van der Waals surface area contributed by atoms with Crippen LogP contribution in [0, 0.1) is 0 Å². The van der Waals surface area contributed by atoms with Gasteiger partial charge in [-0.1, -0.05) is 88.1 Å². The van der Waals surface area contributed by atoms with E-state index in [0.717, 1.165) is 42.4 Å². The number of nitrogens with zero attached hydrogens (tertiary/aromatic N) is 2. The number of rotatable bonds is 11. The molecule has 0 radical (unpaired) electrons. The molecule has 0 aliphatic carbocycles. The van der Waals surface area contributed by atoms with Gasteiger partial charge in [0.1, 0.15) is 0 Å². The molecule has 1 heterocycles. The Hall–Kier alpha value is -3.01. The van der Waals surface area contributed by atoms with Crippen molar-refractivity contribution in [2.75, 3.05) is 0 Å². The van der Waals surface area contributed by atoms with E-state index in [-0.39, 0.29) is 12.1 Å². The maximum atomic E-state index is 12.5. The summed E-state index contributed by atoms with van der Waals surface area (Å²) < 4.78 is 5.60. The molecular formula is C28H34N2O2. The molecule has 0 spiro atoms. The van der Waals surface area contributed by atoms with Gasteiger partial charge in [-0.05, 0) is 42.9 Å². The molecule has 32 heavy (non-hydrogen) atoms. The van der Waals surface area contributed by atoms with Crippen molar-refractivity contribution in [3.8, 4) is 22.5 Å². The summed E-state index contributed by atoms with van der Waals surface area (Å²) in [4.78, 5) is 21.7. The van der Waals surface area contributed by atoms with Crippen LogP contribution in [0.4, 0.5) is 0 Å². The molecule has 168 valence electrons. The normalized spacial score (nSPS) is 11.8. The first-order valence-corrected chi connectivity index (χ1v) is 11.8. The lowest BCUT2D eigenvalue weighted by Crippen LogP contribution is -2.15. The Kier molecular flexibility index (Phi) is 8.97. The zero-order valence-corrected chi connectivity index (χ0v) is 19.5. The fraction of sp³-hybridized carbons (Fsp3) is 0.393. The van der Waals surface area contributed by atoms with E-state index < -0.39 is 0 Å². The highest BCUT2D eigenvalue weighted by Gasteiger charge is 2.17. The van der Waals surface area contributed by atoms with Crippen molar-refractivity contribution in [3.63, 3.8) is 0 Å². The fourth-order valence-electron chi connectivity index (χ4n) is 3.93. The molecule has 0 bridgehead atoms. The summed E-state index contributed by atoms with van der Waals surface area (Å²) in [7, 11) is 0. The first kappa shape index (κ1) is 23.6. The van der Waals surface area contributed by atoms with E-state index in [9.17, 15) is 4.79 Å². The lowest BCUT2D eigenvalue weighted by Gasteiger charge is -2.15. The molecule has 4 nitrogen and oxygen atoms in total. The molecule has 0 N–H and O–H groups in total. The second-order valence-electron chi connectivity index (χ2n) is 8.32. The van der Waals surface area contributed by atoms with Crippen LogP contribution in [0.2, 0.25) is 0 Å². The van der Waals surface area contributed by atoms with Crippen molar-refractivity contribution in [2.45, 2.75) is 71.8 Å². The van der Waals surface area contributed by atoms with Crippen LogP contribution in [0.25, 0.3) is 22.5 Å². The molecule has 0 fully saturated rings. The second kappa shape index (κ2) is 12.1. The van der Waals surface area contributed by atoms with Crippen molar-refractivity contribution in [1.29, 1.82) is 0 Å². The minimum atomic E-state index is -0.357. The number of benzene rings is 2. The highest BCUT2D eigenvalue weighted by molar-refractivity contribution is 5.89. The molecule has 0 saturated carbocycles. The van der Waals surface area contributed by atoms with E-state index in [2.05, 4.69) is 54.1 Å². The largest absolute Gasteiger partial charge is 0.459 e. The van der Waals surface area contributed by atoms with Crippen LogP contribution in [0.5, 0.6) is 0 Å². The van der Waals surface area contributed by atoms with Gasteiger partial charge in [-0.2, -0.15) is 0 Å². The van der Waals surface area contributed by atoms with Crippen LogP contribution in [0.1, 0.15) is 75.2 Å². The molecule has 4 heteroatoms. The molecule has 3 aromatic rings. The third-order valence-corrected chi connectivity index (χ3v) is 5.64. The van der Waals surface area contributed by atoms with E-state index in [4.69, 9.17) is 4.74 Å². The quantitative estimate of drug-likeness (QED) is 0.237. The van der Waals surface area contributed by atoms with Gasteiger partial charge >= 0.3 is 5.97 Å². The van der Waals surface area contributed by atoms with Crippen LogP contribution >= 0.6 is 0 Å². The van der Waals surface area contributed by atoms with Gasteiger partial charge in [0, 0.05) is 18.0 Å². The van der Waals surface area contributed by atoms with E-state index in [1.54, 1.807) is 12.4 Å². The summed E-state index contributed by atoms with van der Waals surface area (Å²) in [6.45, 7) is 6.31. The van der Waals surface area contributed by atoms with E-state index in [0.29, 0.717) is 11.4 Å². The van der Waals surface area contributed by atoms with Crippen LogP contribution in [0.3, 0.4) is 0 Å². The highest BCUT2D eigenvalue weighted by atomic mass is 16.5. The van der Waals surface area contributed by atoms with Crippen LogP contribution in [0.15, 0.2) is 60.9 Å². The number of carbonyl (C=O) groups is 1. The summed E-state index contributed by atoms with van der Waals surface area (Å²) in [5.74, 6) is 0.279. The Morgan fingerprint density at radius 2 is 1.66 bits per heavy atom. The summed E-state index contributed by atoms with van der Waals surface area (Å²) >= 11 is 0. The number of unbranched alkanes of at least 4 members (excludes halogenated alkanes) is 3. The predicted molar refractivity (Wildman–Crippen MR) is 131 cm³/mol. The SMILES string of the molecule is CCCCCC[C@@H](C)OC(=O)c1cnc(-c2c(CCC)cccc2-c2ccccc2)nc1. The van der Waals surface area contributed by atoms with E-state index in [1.807, 2.05) is 25.1 Å².